The Morgan fingerprint density at radius 3 is 2.77 bits per heavy atom. The van der Waals surface area contributed by atoms with Crippen molar-refractivity contribution >= 4 is 23.3 Å². The fourth-order valence-electron chi connectivity index (χ4n) is 2.24. The molecule has 0 atom stereocenters. The minimum Gasteiger partial charge on any atom is -0.351 e. The number of aromatic amines is 1. The van der Waals surface area contributed by atoms with Gasteiger partial charge in [-0.05, 0) is 19.9 Å². The van der Waals surface area contributed by atoms with Gasteiger partial charge in [-0.25, -0.2) is 14.5 Å². The Morgan fingerprint density at radius 2 is 2.12 bits per heavy atom. The zero-order chi connectivity index (χ0) is 18.9. The average molecular weight is 385 g/mol. The molecule has 12 heteroatoms. The number of halogens is 3. The van der Waals surface area contributed by atoms with Crippen molar-refractivity contribution in [1.29, 1.82) is 0 Å². The third-order valence-corrected chi connectivity index (χ3v) is 4.18. The standard InChI is InChI=1S/C14H14F3N7OS/c1-7-5-10(14(15,16)17)24-11(20-7)9(6-19-24)12(25)18-3-4-26-13-21-8(2)22-23-13/h5-6H,3-4H2,1-2H3,(H,18,25)(H,21,22,23). The van der Waals surface area contributed by atoms with Crippen molar-refractivity contribution < 1.29 is 18.0 Å². The quantitative estimate of drug-likeness (QED) is 0.515. The van der Waals surface area contributed by atoms with E-state index in [1.54, 1.807) is 6.92 Å². The fourth-order valence-corrected chi connectivity index (χ4v) is 2.93. The first kappa shape index (κ1) is 18.2. The third kappa shape index (κ3) is 3.79. The molecule has 3 rings (SSSR count). The van der Waals surface area contributed by atoms with Crippen LogP contribution >= 0.6 is 11.8 Å². The van der Waals surface area contributed by atoms with Gasteiger partial charge in [0, 0.05) is 18.0 Å². The molecular weight excluding hydrogens is 371 g/mol. The van der Waals surface area contributed by atoms with Gasteiger partial charge in [0.15, 0.2) is 5.65 Å². The van der Waals surface area contributed by atoms with Gasteiger partial charge in [-0.1, -0.05) is 11.8 Å². The second kappa shape index (κ2) is 6.94. The summed E-state index contributed by atoms with van der Waals surface area (Å²) in [6, 6.07) is 0.886. The van der Waals surface area contributed by atoms with Crippen LogP contribution in [0.15, 0.2) is 17.4 Å². The Bertz CT molecular complexity index is 950. The maximum Gasteiger partial charge on any atom is 0.433 e. The van der Waals surface area contributed by atoms with Crippen LogP contribution in [0.1, 0.15) is 27.6 Å². The van der Waals surface area contributed by atoms with Gasteiger partial charge in [0.25, 0.3) is 5.91 Å². The highest BCUT2D eigenvalue weighted by molar-refractivity contribution is 7.99. The zero-order valence-electron chi connectivity index (χ0n) is 13.8. The highest BCUT2D eigenvalue weighted by Crippen LogP contribution is 2.30. The molecule has 1 amide bonds. The number of H-pyrrole nitrogens is 1. The molecular formula is C14H14F3N7OS. The van der Waals surface area contributed by atoms with E-state index >= 15 is 0 Å². The Hall–Kier alpha value is -2.63. The molecule has 0 aliphatic carbocycles. The van der Waals surface area contributed by atoms with E-state index in [9.17, 15) is 18.0 Å². The van der Waals surface area contributed by atoms with Gasteiger partial charge in [-0.2, -0.15) is 18.3 Å². The van der Waals surface area contributed by atoms with E-state index in [1.807, 2.05) is 0 Å². The van der Waals surface area contributed by atoms with Crippen molar-refractivity contribution in [1.82, 2.24) is 35.1 Å². The smallest absolute Gasteiger partial charge is 0.351 e. The van der Waals surface area contributed by atoms with Crippen LogP contribution in [0.25, 0.3) is 5.65 Å². The molecule has 3 aromatic heterocycles. The second-order valence-corrected chi connectivity index (χ2v) is 6.44. The lowest BCUT2D eigenvalue weighted by molar-refractivity contribution is -0.142. The molecule has 26 heavy (non-hydrogen) atoms. The van der Waals surface area contributed by atoms with Crippen molar-refractivity contribution in [3.05, 3.63) is 35.0 Å². The lowest BCUT2D eigenvalue weighted by Crippen LogP contribution is -2.26. The number of alkyl halides is 3. The van der Waals surface area contributed by atoms with Crippen molar-refractivity contribution in [2.24, 2.45) is 0 Å². The maximum absolute atomic E-state index is 13.1. The lowest BCUT2D eigenvalue weighted by atomic mass is 10.3. The second-order valence-electron chi connectivity index (χ2n) is 5.38. The first-order valence-electron chi connectivity index (χ1n) is 7.48. The highest BCUT2D eigenvalue weighted by atomic mass is 32.2. The number of aryl methyl sites for hydroxylation is 2. The van der Waals surface area contributed by atoms with Crippen LogP contribution in [0.4, 0.5) is 13.2 Å². The third-order valence-electron chi connectivity index (χ3n) is 3.33. The van der Waals surface area contributed by atoms with E-state index in [0.29, 0.717) is 21.2 Å². The fraction of sp³-hybridized carbons (Fsp3) is 0.357. The number of amides is 1. The summed E-state index contributed by atoms with van der Waals surface area (Å²) in [5, 5.41) is 13.5. The zero-order valence-corrected chi connectivity index (χ0v) is 14.6. The number of rotatable bonds is 5. The summed E-state index contributed by atoms with van der Waals surface area (Å²) in [4.78, 5) is 20.4. The van der Waals surface area contributed by atoms with Crippen LogP contribution in [0.2, 0.25) is 0 Å². The topological polar surface area (TPSA) is 101 Å². The van der Waals surface area contributed by atoms with Crippen molar-refractivity contribution in [2.75, 3.05) is 12.3 Å². The molecule has 0 unspecified atom stereocenters. The first-order valence-corrected chi connectivity index (χ1v) is 8.47. The molecule has 3 aromatic rings. The van der Waals surface area contributed by atoms with E-state index in [-0.39, 0.29) is 23.4 Å². The SMILES string of the molecule is Cc1cc(C(F)(F)F)n2ncc(C(=O)NCCSc3n[nH]c(C)n3)c2n1. The van der Waals surface area contributed by atoms with Crippen LogP contribution in [-0.4, -0.2) is 48.0 Å². The van der Waals surface area contributed by atoms with Crippen LogP contribution in [0.5, 0.6) is 0 Å². The maximum atomic E-state index is 13.1. The Labute approximate surface area is 149 Å². The number of thioether (sulfide) groups is 1. The first-order chi connectivity index (χ1) is 12.3. The molecule has 8 nitrogen and oxygen atoms in total. The van der Waals surface area contributed by atoms with Crippen LogP contribution in [0.3, 0.4) is 0 Å². The Balaban J connectivity index is 1.71. The van der Waals surface area contributed by atoms with E-state index in [0.717, 1.165) is 12.3 Å². The average Bonchev–Trinajstić information content (AvgIpc) is 3.15. The van der Waals surface area contributed by atoms with Crippen molar-refractivity contribution in [3.63, 3.8) is 0 Å². The van der Waals surface area contributed by atoms with Gasteiger partial charge in [0.05, 0.1) is 6.20 Å². The number of aromatic nitrogens is 6. The summed E-state index contributed by atoms with van der Waals surface area (Å²) in [5.74, 6) is 0.644. The molecule has 138 valence electrons. The molecule has 0 saturated heterocycles. The van der Waals surface area contributed by atoms with E-state index < -0.39 is 17.8 Å². The van der Waals surface area contributed by atoms with Gasteiger partial charge in [0.1, 0.15) is 17.1 Å². The molecule has 0 aliphatic rings. The largest absolute Gasteiger partial charge is 0.433 e. The summed E-state index contributed by atoms with van der Waals surface area (Å²) in [6.45, 7) is 3.49. The predicted octanol–water partition coefficient (Wildman–Crippen LogP) is 2.01. The van der Waals surface area contributed by atoms with Gasteiger partial charge in [-0.3, -0.25) is 9.89 Å². The number of carbonyl (C=O) groups is 1. The van der Waals surface area contributed by atoms with Crippen molar-refractivity contribution in [2.45, 2.75) is 25.2 Å². The summed E-state index contributed by atoms with van der Waals surface area (Å²) >= 11 is 1.34. The minimum atomic E-state index is -4.60. The van der Waals surface area contributed by atoms with Crippen molar-refractivity contribution in [3.8, 4) is 0 Å². The molecule has 0 fully saturated rings. The molecule has 2 N–H and O–H groups in total. The molecule has 3 heterocycles. The summed E-state index contributed by atoms with van der Waals surface area (Å²) < 4.78 is 40.0. The molecule has 0 aliphatic heterocycles. The Morgan fingerprint density at radius 1 is 1.35 bits per heavy atom. The highest BCUT2D eigenvalue weighted by Gasteiger charge is 2.35. The molecule has 0 radical (unpaired) electrons. The van der Waals surface area contributed by atoms with Gasteiger partial charge < -0.3 is 5.32 Å². The minimum absolute atomic E-state index is 0.0158. The van der Waals surface area contributed by atoms with Gasteiger partial charge in [-0.15, -0.1) is 5.10 Å². The molecule has 0 spiro atoms. The summed E-state index contributed by atoms with van der Waals surface area (Å²) in [6.07, 6.45) is -3.52. The number of hydrogen-bond donors (Lipinski definition) is 2. The molecule has 0 bridgehead atoms. The van der Waals surface area contributed by atoms with Gasteiger partial charge in [0.2, 0.25) is 5.16 Å². The number of fused-ring (bicyclic) bond motifs is 1. The number of carbonyl (C=O) groups excluding carboxylic acids is 1. The van der Waals surface area contributed by atoms with E-state index in [1.165, 1.54) is 18.7 Å². The van der Waals surface area contributed by atoms with E-state index in [4.69, 9.17) is 0 Å². The monoisotopic (exact) mass is 385 g/mol. The number of nitrogens with zero attached hydrogens (tertiary/aromatic N) is 5. The van der Waals surface area contributed by atoms with Gasteiger partial charge >= 0.3 is 6.18 Å². The lowest BCUT2D eigenvalue weighted by Gasteiger charge is -2.09. The van der Waals surface area contributed by atoms with Crippen LogP contribution < -0.4 is 5.32 Å². The predicted molar refractivity (Wildman–Crippen MR) is 86.9 cm³/mol. The summed E-state index contributed by atoms with van der Waals surface area (Å²) in [5.41, 5.74) is -0.977. The number of hydrogen-bond acceptors (Lipinski definition) is 6. The number of nitrogens with one attached hydrogen (secondary N) is 2. The molecule has 0 saturated carbocycles. The normalized spacial score (nSPS) is 11.9. The van der Waals surface area contributed by atoms with E-state index in [2.05, 4.69) is 30.6 Å². The molecule has 0 aromatic carbocycles. The summed E-state index contributed by atoms with van der Waals surface area (Å²) in [7, 11) is 0. The Kier molecular flexibility index (Phi) is 4.85. The van der Waals surface area contributed by atoms with Crippen LogP contribution in [-0.2, 0) is 6.18 Å². The van der Waals surface area contributed by atoms with Crippen LogP contribution in [0, 0.1) is 13.8 Å².